The summed E-state index contributed by atoms with van der Waals surface area (Å²) in [5.41, 5.74) is 0.00306. The molecule has 3 nitrogen and oxygen atoms in total. The maximum Gasteiger partial charge on any atom is 0.224 e. The Bertz CT molecular complexity index is 423. The van der Waals surface area contributed by atoms with Crippen LogP contribution in [0.2, 0.25) is 5.28 Å². The molecule has 1 aromatic rings. The average Bonchev–Trinajstić information content (AvgIpc) is 2.36. The Kier molecular flexibility index (Phi) is 7.03. The molecule has 1 unspecified atom stereocenters. The summed E-state index contributed by atoms with van der Waals surface area (Å²) < 4.78 is 13.7. The van der Waals surface area contributed by atoms with Crippen LogP contribution >= 0.6 is 23.4 Å². The number of hydrogen-bond donors (Lipinski definition) is 1. The third kappa shape index (κ3) is 5.83. The number of hydrogen-bond acceptors (Lipinski definition) is 4. The van der Waals surface area contributed by atoms with Crippen molar-refractivity contribution < 1.29 is 4.39 Å². The van der Waals surface area contributed by atoms with Gasteiger partial charge >= 0.3 is 0 Å². The molecule has 0 amide bonds. The summed E-state index contributed by atoms with van der Waals surface area (Å²) in [6.07, 6.45) is 3.49. The van der Waals surface area contributed by atoms with Crippen LogP contribution in [0.25, 0.3) is 0 Å². The molecule has 0 fully saturated rings. The maximum atomic E-state index is 13.7. The minimum Gasteiger partial charge on any atom is -0.363 e. The molecule has 1 heterocycles. The zero-order valence-electron chi connectivity index (χ0n) is 12.5. The number of nitrogens with zero attached hydrogens (tertiary/aromatic N) is 2. The van der Waals surface area contributed by atoms with Gasteiger partial charge in [-0.05, 0) is 29.2 Å². The van der Waals surface area contributed by atoms with Gasteiger partial charge in [-0.25, -0.2) is 9.37 Å². The van der Waals surface area contributed by atoms with Crippen molar-refractivity contribution in [3.63, 3.8) is 0 Å². The molecule has 0 saturated carbocycles. The van der Waals surface area contributed by atoms with Gasteiger partial charge in [-0.15, -0.1) is 0 Å². The van der Waals surface area contributed by atoms with Crippen LogP contribution in [0.5, 0.6) is 0 Å². The van der Waals surface area contributed by atoms with Crippen LogP contribution in [0.15, 0.2) is 6.20 Å². The van der Waals surface area contributed by atoms with E-state index in [0.717, 1.165) is 17.7 Å². The predicted molar refractivity (Wildman–Crippen MR) is 86.1 cm³/mol. The summed E-state index contributed by atoms with van der Waals surface area (Å²) in [5.74, 6) is 1.74. The standard InChI is InChI=1S/C14H23ClFN3S/c1-5-6-7-20-9-11(14(2,3)4)18-12-10(16)8-17-13(15)19-12/h8,11H,5-7,9H2,1-4H3,(H,17,18,19). The van der Waals surface area contributed by atoms with E-state index in [2.05, 4.69) is 43.0 Å². The minimum atomic E-state index is -0.470. The van der Waals surface area contributed by atoms with E-state index in [4.69, 9.17) is 11.6 Å². The predicted octanol–water partition coefficient (Wildman–Crippen LogP) is 4.63. The molecule has 0 aliphatic carbocycles. The Morgan fingerprint density at radius 3 is 2.75 bits per heavy atom. The fourth-order valence-corrected chi connectivity index (χ4v) is 3.18. The molecule has 0 saturated heterocycles. The molecular formula is C14H23ClFN3S. The van der Waals surface area contributed by atoms with Crippen molar-refractivity contribution in [3.8, 4) is 0 Å². The lowest BCUT2D eigenvalue weighted by Crippen LogP contribution is -2.37. The van der Waals surface area contributed by atoms with Crippen molar-refractivity contribution in [1.29, 1.82) is 0 Å². The monoisotopic (exact) mass is 319 g/mol. The first kappa shape index (κ1) is 17.5. The molecule has 1 rings (SSSR count). The number of anilines is 1. The lowest BCUT2D eigenvalue weighted by molar-refractivity contribution is 0.361. The van der Waals surface area contributed by atoms with Crippen LogP contribution in [0.4, 0.5) is 10.2 Å². The maximum absolute atomic E-state index is 13.7. The molecule has 0 bridgehead atoms. The molecule has 0 aliphatic heterocycles. The number of thioether (sulfide) groups is 1. The fraction of sp³-hybridized carbons (Fsp3) is 0.714. The first-order chi connectivity index (χ1) is 9.34. The Morgan fingerprint density at radius 2 is 2.15 bits per heavy atom. The van der Waals surface area contributed by atoms with Gasteiger partial charge in [0.1, 0.15) is 0 Å². The quantitative estimate of drug-likeness (QED) is 0.587. The summed E-state index contributed by atoms with van der Waals surface area (Å²) in [6.45, 7) is 8.57. The van der Waals surface area contributed by atoms with E-state index in [1.165, 1.54) is 12.8 Å². The summed E-state index contributed by atoms with van der Waals surface area (Å²) in [5, 5.41) is 3.23. The molecule has 6 heteroatoms. The Morgan fingerprint density at radius 1 is 1.45 bits per heavy atom. The average molecular weight is 320 g/mol. The number of unbranched alkanes of at least 4 members (excludes halogenated alkanes) is 1. The number of rotatable bonds is 7. The molecule has 114 valence electrons. The first-order valence-electron chi connectivity index (χ1n) is 6.87. The molecule has 20 heavy (non-hydrogen) atoms. The Labute approximate surface area is 130 Å². The molecular weight excluding hydrogens is 297 g/mol. The lowest BCUT2D eigenvalue weighted by Gasteiger charge is -2.31. The molecule has 0 spiro atoms. The largest absolute Gasteiger partial charge is 0.363 e. The third-order valence-electron chi connectivity index (χ3n) is 3.00. The normalized spacial score (nSPS) is 13.3. The number of aromatic nitrogens is 2. The van der Waals surface area contributed by atoms with Crippen molar-refractivity contribution >= 4 is 29.2 Å². The minimum absolute atomic E-state index is 0.00306. The molecule has 0 radical (unpaired) electrons. The zero-order valence-corrected chi connectivity index (χ0v) is 14.1. The second-order valence-electron chi connectivity index (χ2n) is 5.83. The molecule has 1 atom stereocenters. The Hall–Kier alpha value is -0.550. The van der Waals surface area contributed by atoms with Gasteiger partial charge < -0.3 is 5.32 Å². The van der Waals surface area contributed by atoms with Gasteiger partial charge in [-0.1, -0.05) is 34.1 Å². The molecule has 1 N–H and O–H groups in total. The van der Waals surface area contributed by atoms with E-state index in [9.17, 15) is 4.39 Å². The van der Waals surface area contributed by atoms with Gasteiger partial charge in [0.05, 0.1) is 6.20 Å². The highest BCUT2D eigenvalue weighted by molar-refractivity contribution is 7.99. The summed E-state index contributed by atoms with van der Waals surface area (Å²) >= 11 is 7.61. The van der Waals surface area contributed by atoms with E-state index in [1.807, 2.05) is 11.8 Å². The van der Waals surface area contributed by atoms with E-state index in [0.29, 0.717) is 0 Å². The van der Waals surface area contributed by atoms with Crippen molar-refractivity contribution in [1.82, 2.24) is 9.97 Å². The smallest absolute Gasteiger partial charge is 0.224 e. The molecule has 0 aromatic carbocycles. The van der Waals surface area contributed by atoms with Gasteiger partial charge in [0.25, 0.3) is 0 Å². The highest BCUT2D eigenvalue weighted by Crippen LogP contribution is 2.27. The van der Waals surface area contributed by atoms with Crippen molar-refractivity contribution in [2.24, 2.45) is 5.41 Å². The summed E-state index contributed by atoms with van der Waals surface area (Å²) in [6, 6.07) is 0.116. The highest BCUT2D eigenvalue weighted by atomic mass is 35.5. The zero-order chi connectivity index (χ0) is 15.2. The third-order valence-corrected chi connectivity index (χ3v) is 4.33. The Balaban J connectivity index is 2.71. The van der Waals surface area contributed by atoms with Crippen LogP contribution in [0, 0.1) is 11.2 Å². The van der Waals surface area contributed by atoms with E-state index >= 15 is 0 Å². The van der Waals surface area contributed by atoms with E-state index < -0.39 is 5.82 Å². The molecule has 0 aliphatic rings. The van der Waals surface area contributed by atoms with Crippen LogP contribution in [-0.2, 0) is 0 Å². The fourth-order valence-electron chi connectivity index (χ4n) is 1.57. The second kappa shape index (κ2) is 8.03. The van der Waals surface area contributed by atoms with E-state index in [-0.39, 0.29) is 22.6 Å². The van der Waals surface area contributed by atoms with Crippen LogP contribution in [0.1, 0.15) is 40.5 Å². The SMILES string of the molecule is CCCCSCC(Nc1nc(Cl)ncc1F)C(C)(C)C. The van der Waals surface area contributed by atoms with E-state index in [1.54, 1.807) is 0 Å². The van der Waals surface area contributed by atoms with Gasteiger partial charge in [0, 0.05) is 11.8 Å². The van der Waals surface area contributed by atoms with Crippen LogP contribution in [-0.4, -0.2) is 27.5 Å². The van der Waals surface area contributed by atoms with Crippen molar-refractivity contribution in [2.45, 2.75) is 46.6 Å². The topological polar surface area (TPSA) is 37.8 Å². The number of nitrogens with one attached hydrogen (secondary N) is 1. The van der Waals surface area contributed by atoms with Gasteiger partial charge in [-0.2, -0.15) is 16.7 Å². The highest BCUT2D eigenvalue weighted by Gasteiger charge is 2.25. The van der Waals surface area contributed by atoms with Crippen molar-refractivity contribution in [2.75, 3.05) is 16.8 Å². The summed E-state index contributed by atoms with van der Waals surface area (Å²) in [4.78, 5) is 7.56. The second-order valence-corrected chi connectivity index (χ2v) is 7.31. The van der Waals surface area contributed by atoms with Crippen molar-refractivity contribution in [3.05, 3.63) is 17.3 Å². The van der Waals surface area contributed by atoms with Crippen LogP contribution < -0.4 is 5.32 Å². The van der Waals surface area contributed by atoms with Gasteiger partial charge in [-0.3, -0.25) is 0 Å². The van der Waals surface area contributed by atoms with Gasteiger partial charge in [0.2, 0.25) is 5.28 Å². The number of halogens is 2. The first-order valence-corrected chi connectivity index (χ1v) is 8.40. The molecule has 1 aromatic heterocycles. The summed E-state index contributed by atoms with van der Waals surface area (Å²) in [7, 11) is 0. The van der Waals surface area contributed by atoms with Gasteiger partial charge in [0.15, 0.2) is 11.6 Å². The lowest BCUT2D eigenvalue weighted by atomic mass is 9.88. The van der Waals surface area contributed by atoms with Crippen LogP contribution in [0.3, 0.4) is 0 Å².